The Morgan fingerprint density at radius 1 is 1.39 bits per heavy atom. The van der Waals surface area contributed by atoms with Crippen molar-refractivity contribution in [2.45, 2.75) is 39.0 Å². The summed E-state index contributed by atoms with van der Waals surface area (Å²) in [5.41, 5.74) is 4.22. The van der Waals surface area contributed by atoms with Crippen molar-refractivity contribution in [3.8, 4) is 0 Å². The first-order chi connectivity index (χ1) is 8.83. The topological polar surface area (TPSA) is 24.1 Å². The van der Waals surface area contributed by atoms with Crippen LogP contribution in [0.2, 0.25) is 0 Å². The van der Waals surface area contributed by atoms with Crippen LogP contribution < -0.4 is 10.6 Å². The van der Waals surface area contributed by atoms with Gasteiger partial charge in [-0.1, -0.05) is 19.1 Å². The van der Waals surface area contributed by atoms with Gasteiger partial charge >= 0.3 is 0 Å². The summed E-state index contributed by atoms with van der Waals surface area (Å²) < 4.78 is 0. The van der Waals surface area contributed by atoms with E-state index in [0.717, 1.165) is 12.3 Å². The smallest absolute Gasteiger partial charge is 0.0370 e. The van der Waals surface area contributed by atoms with Crippen LogP contribution in [0, 0.1) is 5.92 Å². The number of anilines is 1. The highest BCUT2D eigenvalue weighted by atomic mass is 14.9. The summed E-state index contributed by atoms with van der Waals surface area (Å²) in [4.78, 5) is 0. The average Bonchev–Trinajstić information content (AvgIpc) is 2.45. The molecule has 1 unspecified atom stereocenters. The predicted octanol–water partition coefficient (Wildman–Crippen LogP) is 3.22. The number of hydrogen-bond donors (Lipinski definition) is 2. The van der Waals surface area contributed by atoms with Crippen molar-refractivity contribution < 1.29 is 0 Å². The molecule has 100 valence electrons. The number of nitrogens with one attached hydrogen (secondary N) is 2. The monoisotopic (exact) mass is 246 g/mol. The Bertz CT molecular complexity index is 367. The Kier molecular flexibility index (Phi) is 5.06. The van der Waals surface area contributed by atoms with Crippen molar-refractivity contribution in [2.24, 2.45) is 5.92 Å². The molecule has 0 aromatic heterocycles. The fourth-order valence-corrected chi connectivity index (χ4v) is 2.88. The number of piperidine rings is 1. The normalized spacial score (nSPS) is 19.8. The van der Waals surface area contributed by atoms with Gasteiger partial charge in [-0.05, 0) is 68.3 Å². The highest BCUT2D eigenvalue weighted by Gasteiger charge is 2.12. The fraction of sp³-hybridized carbons (Fsp3) is 0.625. The Morgan fingerprint density at radius 2 is 2.28 bits per heavy atom. The van der Waals surface area contributed by atoms with E-state index in [0.29, 0.717) is 0 Å². The third-order valence-corrected chi connectivity index (χ3v) is 4.06. The van der Waals surface area contributed by atoms with Crippen molar-refractivity contribution in [1.29, 1.82) is 0 Å². The molecule has 0 aliphatic carbocycles. The molecule has 1 aromatic rings. The standard InChI is InChI=1S/C16H26N2/c1-3-15-11-13(8-9-16(15)17-2)6-7-14-5-4-10-18-12-14/h8-9,11,14,17-18H,3-7,10,12H2,1-2H3. The highest BCUT2D eigenvalue weighted by Crippen LogP contribution is 2.21. The summed E-state index contributed by atoms with van der Waals surface area (Å²) in [5.74, 6) is 0.882. The van der Waals surface area contributed by atoms with Crippen molar-refractivity contribution in [3.05, 3.63) is 29.3 Å². The quantitative estimate of drug-likeness (QED) is 0.833. The van der Waals surface area contributed by atoms with Gasteiger partial charge in [0.05, 0.1) is 0 Å². The second-order valence-corrected chi connectivity index (χ2v) is 5.35. The summed E-state index contributed by atoms with van der Waals surface area (Å²) in [7, 11) is 2.00. The van der Waals surface area contributed by atoms with Gasteiger partial charge in [-0.3, -0.25) is 0 Å². The molecule has 0 radical (unpaired) electrons. The Morgan fingerprint density at radius 3 is 2.94 bits per heavy atom. The van der Waals surface area contributed by atoms with Crippen LogP contribution in [0.25, 0.3) is 0 Å². The lowest BCUT2D eigenvalue weighted by atomic mass is 9.92. The lowest BCUT2D eigenvalue weighted by Gasteiger charge is -2.22. The lowest BCUT2D eigenvalue weighted by molar-refractivity contribution is 0.358. The number of aryl methyl sites for hydroxylation is 2. The van der Waals surface area contributed by atoms with Gasteiger partial charge in [0, 0.05) is 12.7 Å². The highest BCUT2D eigenvalue weighted by molar-refractivity contribution is 5.52. The first-order valence-corrected chi connectivity index (χ1v) is 7.33. The number of hydrogen-bond acceptors (Lipinski definition) is 2. The molecule has 0 bridgehead atoms. The minimum absolute atomic E-state index is 0.882. The lowest BCUT2D eigenvalue weighted by Crippen LogP contribution is -2.29. The average molecular weight is 246 g/mol. The molecule has 1 aliphatic rings. The van der Waals surface area contributed by atoms with Crippen LogP contribution in [0.4, 0.5) is 5.69 Å². The summed E-state index contributed by atoms with van der Waals surface area (Å²) in [6, 6.07) is 6.89. The minimum atomic E-state index is 0.882. The third kappa shape index (κ3) is 3.49. The van der Waals surface area contributed by atoms with Crippen LogP contribution in [0.15, 0.2) is 18.2 Å². The van der Waals surface area contributed by atoms with Gasteiger partial charge in [-0.25, -0.2) is 0 Å². The first kappa shape index (κ1) is 13.4. The van der Waals surface area contributed by atoms with Crippen LogP contribution in [-0.2, 0) is 12.8 Å². The molecule has 0 saturated carbocycles. The summed E-state index contributed by atoms with van der Waals surface area (Å²) >= 11 is 0. The predicted molar refractivity (Wildman–Crippen MR) is 79.3 cm³/mol. The maximum atomic E-state index is 3.50. The van der Waals surface area contributed by atoms with Crippen molar-refractivity contribution in [1.82, 2.24) is 5.32 Å². The second-order valence-electron chi connectivity index (χ2n) is 5.35. The first-order valence-electron chi connectivity index (χ1n) is 7.33. The SMILES string of the molecule is CCc1cc(CCC2CCCNC2)ccc1NC. The molecule has 1 aliphatic heterocycles. The van der Waals surface area contributed by atoms with Gasteiger partial charge in [-0.2, -0.15) is 0 Å². The van der Waals surface area contributed by atoms with Crippen molar-refractivity contribution in [2.75, 3.05) is 25.5 Å². The van der Waals surface area contributed by atoms with Crippen molar-refractivity contribution in [3.63, 3.8) is 0 Å². The molecular formula is C16H26N2. The number of rotatable bonds is 5. The van der Waals surface area contributed by atoms with Crippen LogP contribution in [0.3, 0.4) is 0 Å². The van der Waals surface area contributed by atoms with Crippen LogP contribution in [-0.4, -0.2) is 20.1 Å². The van der Waals surface area contributed by atoms with Crippen LogP contribution >= 0.6 is 0 Å². The van der Waals surface area contributed by atoms with Crippen molar-refractivity contribution >= 4 is 5.69 Å². The van der Waals surface area contributed by atoms with Gasteiger partial charge in [0.25, 0.3) is 0 Å². The van der Waals surface area contributed by atoms with Gasteiger partial charge in [0.1, 0.15) is 0 Å². The zero-order valence-electron chi connectivity index (χ0n) is 11.8. The van der Waals surface area contributed by atoms with Crippen LogP contribution in [0.1, 0.15) is 37.3 Å². The van der Waals surface area contributed by atoms with E-state index in [2.05, 4.69) is 35.8 Å². The van der Waals surface area contributed by atoms with E-state index in [-0.39, 0.29) is 0 Å². The van der Waals surface area contributed by atoms with E-state index in [1.165, 1.54) is 55.6 Å². The molecule has 1 atom stereocenters. The van der Waals surface area contributed by atoms with Gasteiger partial charge in [-0.15, -0.1) is 0 Å². The minimum Gasteiger partial charge on any atom is -0.388 e. The molecule has 0 spiro atoms. The molecule has 2 rings (SSSR count). The molecule has 2 N–H and O–H groups in total. The molecule has 1 heterocycles. The Hall–Kier alpha value is -1.02. The molecule has 1 aromatic carbocycles. The molecule has 1 saturated heterocycles. The van der Waals surface area contributed by atoms with E-state index < -0.39 is 0 Å². The summed E-state index contributed by atoms with van der Waals surface area (Å²) in [6.45, 7) is 4.66. The van der Waals surface area contributed by atoms with E-state index in [1.807, 2.05) is 7.05 Å². The van der Waals surface area contributed by atoms with Gasteiger partial charge in [0.2, 0.25) is 0 Å². The molecule has 0 amide bonds. The second kappa shape index (κ2) is 6.79. The van der Waals surface area contributed by atoms with Crippen LogP contribution in [0.5, 0.6) is 0 Å². The maximum absolute atomic E-state index is 3.50. The van der Waals surface area contributed by atoms with E-state index in [4.69, 9.17) is 0 Å². The van der Waals surface area contributed by atoms with Gasteiger partial charge < -0.3 is 10.6 Å². The third-order valence-electron chi connectivity index (χ3n) is 4.06. The molecule has 2 heteroatoms. The summed E-state index contributed by atoms with van der Waals surface area (Å²) in [6.07, 6.45) is 6.42. The molecule has 2 nitrogen and oxygen atoms in total. The Labute approximate surface area is 111 Å². The zero-order chi connectivity index (χ0) is 12.8. The van der Waals surface area contributed by atoms with E-state index >= 15 is 0 Å². The zero-order valence-corrected chi connectivity index (χ0v) is 11.8. The van der Waals surface area contributed by atoms with E-state index in [1.54, 1.807) is 0 Å². The molecule has 18 heavy (non-hydrogen) atoms. The number of benzene rings is 1. The molecule has 1 fully saturated rings. The fourth-order valence-electron chi connectivity index (χ4n) is 2.88. The van der Waals surface area contributed by atoms with E-state index in [9.17, 15) is 0 Å². The Balaban J connectivity index is 1.92. The largest absolute Gasteiger partial charge is 0.388 e. The summed E-state index contributed by atoms with van der Waals surface area (Å²) in [5, 5.41) is 6.77. The molecular weight excluding hydrogens is 220 g/mol. The maximum Gasteiger partial charge on any atom is 0.0370 e. The van der Waals surface area contributed by atoms with Gasteiger partial charge in [0.15, 0.2) is 0 Å².